The van der Waals surface area contributed by atoms with E-state index in [1.807, 2.05) is 6.07 Å². The van der Waals surface area contributed by atoms with Crippen LogP contribution in [0, 0.1) is 5.82 Å². The van der Waals surface area contributed by atoms with Gasteiger partial charge in [-0.15, -0.1) is 0 Å². The van der Waals surface area contributed by atoms with Gasteiger partial charge in [0.15, 0.2) is 23.1 Å². The molecule has 0 spiro atoms. The maximum absolute atomic E-state index is 12.9. The lowest BCUT2D eigenvalue weighted by molar-refractivity contribution is -0.130. The molecule has 4 rings (SSSR count). The lowest BCUT2D eigenvalue weighted by atomic mass is 10.1. The zero-order valence-electron chi connectivity index (χ0n) is 13.9. The second kappa shape index (κ2) is 7.00. The molecule has 2 aromatic rings. The van der Waals surface area contributed by atoms with E-state index in [9.17, 15) is 9.18 Å². The van der Waals surface area contributed by atoms with Gasteiger partial charge in [-0.05, 0) is 47.9 Å². The van der Waals surface area contributed by atoms with E-state index in [1.54, 1.807) is 30.3 Å². The molecule has 2 heterocycles. The molecule has 132 valence electrons. The second-order valence-electron chi connectivity index (χ2n) is 5.95. The van der Waals surface area contributed by atoms with Crippen LogP contribution in [0.25, 0.3) is 6.08 Å². The molecule has 0 saturated heterocycles. The predicted molar refractivity (Wildman–Crippen MR) is 93.7 cm³/mol. The summed E-state index contributed by atoms with van der Waals surface area (Å²) in [5.41, 5.74) is 1.98. The van der Waals surface area contributed by atoms with Crippen LogP contribution in [0.5, 0.6) is 11.5 Å². The summed E-state index contributed by atoms with van der Waals surface area (Å²) in [5.74, 6) is 0.952. The van der Waals surface area contributed by atoms with Gasteiger partial charge >= 0.3 is 5.97 Å². The number of ether oxygens (including phenoxy) is 3. The Kier molecular flexibility index (Phi) is 4.39. The fourth-order valence-corrected chi connectivity index (χ4v) is 2.77. The van der Waals surface area contributed by atoms with Crippen LogP contribution in [-0.4, -0.2) is 25.1 Å². The molecule has 0 aromatic heterocycles. The molecular formula is C20H16FNO4. The molecule has 2 aromatic carbocycles. The Hall–Kier alpha value is -3.15. The third kappa shape index (κ3) is 3.59. The molecular weight excluding hydrogens is 337 g/mol. The second-order valence-corrected chi connectivity index (χ2v) is 5.95. The lowest BCUT2D eigenvalue weighted by Crippen LogP contribution is -2.15. The molecule has 2 aliphatic rings. The summed E-state index contributed by atoms with van der Waals surface area (Å²) in [4.78, 5) is 16.3. The molecule has 0 N–H and O–H groups in total. The smallest absolute Gasteiger partial charge is 0.363 e. The summed E-state index contributed by atoms with van der Waals surface area (Å²) in [6.45, 7) is 1.03. The highest BCUT2D eigenvalue weighted by Gasteiger charge is 2.23. The molecule has 0 bridgehead atoms. The Morgan fingerprint density at radius 2 is 1.77 bits per heavy atom. The van der Waals surface area contributed by atoms with E-state index in [2.05, 4.69) is 4.99 Å². The van der Waals surface area contributed by atoms with Crippen molar-refractivity contribution in [3.63, 3.8) is 0 Å². The number of fused-ring (bicyclic) bond motifs is 1. The van der Waals surface area contributed by atoms with Gasteiger partial charge in [-0.25, -0.2) is 14.2 Å². The number of benzene rings is 2. The molecule has 5 nitrogen and oxygen atoms in total. The zero-order chi connectivity index (χ0) is 17.9. The summed E-state index contributed by atoms with van der Waals surface area (Å²) in [7, 11) is 0. The van der Waals surface area contributed by atoms with Crippen LogP contribution in [0.15, 0.2) is 53.2 Å². The van der Waals surface area contributed by atoms with Crippen molar-refractivity contribution in [1.82, 2.24) is 0 Å². The van der Waals surface area contributed by atoms with E-state index in [0.717, 1.165) is 11.1 Å². The normalized spacial score (nSPS) is 17.2. The minimum Gasteiger partial charge on any atom is -0.486 e. The van der Waals surface area contributed by atoms with E-state index < -0.39 is 5.97 Å². The first-order valence-corrected chi connectivity index (χ1v) is 8.33. The van der Waals surface area contributed by atoms with Crippen LogP contribution in [0.3, 0.4) is 0 Å². The van der Waals surface area contributed by atoms with Gasteiger partial charge in [0, 0.05) is 6.42 Å². The molecule has 0 aliphatic carbocycles. The Morgan fingerprint density at radius 3 is 2.58 bits per heavy atom. The number of rotatable bonds is 4. The van der Waals surface area contributed by atoms with Gasteiger partial charge < -0.3 is 14.2 Å². The van der Waals surface area contributed by atoms with Crippen molar-refractivity contribution in [1.29, 1.82) is 0 Å². The highest BCUT2D eigenvalue weighted by atomic mass is 19.1. The molecule has 0 saturated carbocycles. The molecule has 0 radical (unpaired) electrons. The summed E-state index contributed by atoms with van der Waals surface area (Å²) >= 11 is 0. The van der Waals surface area contributed by atoms with Gasteiger partial charge in [0.1, 0.15) is 19.0 Å². The SMILES string of the molecule is O=C1OC(CCc2ccc(F)cc2)=N/C1=C/c1ccc2c(c1)OCCO2. The molecule has 26 heavy (non-hydrogen) atoms. The summed E-state index contributed by atoms with van der Waals surface area (Å²) < 4.78 is 29.2. The van der Waals surface area contributed by atoms with Crippen molar-refractivity contribution in [3.8, 4) is 11.5 Å². The number of carbonyl (C=O) groups is 1. The summed E-state index contributed by atoms with van der Waals surface area (Å²) in [6.07, 6.45) is 2.74. The maximum Gasteiger partial charge on any atom is 0.363 e. The molecule has 0 fully saturated rings. The van der Waals surface area contributed by atoms with Crippen molar-refractivity contribution in [2.24, 2.45) is 4.99 Å². The van der Waals surface area contributed by atoms with Crippen LogP contribution in [0.2, 0.25) is 0 Å². The van der Waals surface area contributed by atoms with E-state index in [4.69, 9.17) is 14.2 Å². The number of cyclic esters (lactones) is 1. The summed E-state index contributed by atoms with van der Waals surface area (Å²) in [5, 5.41) is 0. The van der Waals surface area contributed by atoms with E-state index in [-0.39, 0.29) is 11.5 Å². The van der Waals surface area contributed by atoms with Gasteiger partial charge in [-0.3, -0.25) is 0 Å². The number of esters is 1. The third-order valence-corrected chi connectivity index (χ3v) is 4.08. The number of halogens is 1. The number of hydrogen-bond acceptors (Lipinski definition) is 5. The number of nitrogens with zero attached hydrogens (tertiary/aromatic N) is 1. The average Bonchev–Trinajstić information content (AvgIpc) is 3.01. The lowest BCUT2D eigenvalue weighted by Gasteiger charge is -2.18. The van der Waals surface area contributed by atoms with Crippen LogP contribution >= 0.6 is 0 Å². The number of aliphatic imine (C=N–C) groups is 1. The average molecular weight is 353 g/mol. The minimum absolute atomic E-state index is 0.246. The number of aryl methyl sites for hydroxylation is 1. The molecule has 0 amide bonds. The Morgan fingerprint density at radius 1 is 1.00 bits per heavy atom. The highest BCUT2D eigenvalue weighted by Crippen LogP contribution is 2.31. The number of carbonyl (C=O) groups excluding carboxylic acids is 1. The van der Waals surface area contributed by atoms with Crippen molar-refractivity contribution in [2.45, 2.75) is 12.8 Å². The van der Waals surface area contributed by atoms with Gasteiger partial charge in [0.05, 0.1) is 0 Å². The largest absolute Gasteiger partial charge is 0.486 e. The molecule has 0 unspecified atom stereocenters. The standard InChI is InChI=1S/C20H16FNO4/c21-15-5-1-13(2-6-15)4-8-19-22-16(20(23)26-19)11-14-3-7-17-18(12-14)25-10-9-24-17/h1-3,5-7,11-12H,4,8-10H2/b16-11+. The number of hydrogen-bond donors (Lipinski definition) is 0. The fourth-order valence-electron chi connectivity index (χ4n) is 2.77. The molecule has 2 aliphatic heterocycles. The topological polar surface area (TPSA) is 57.1 Å². The van der Waals surface area contributed by atoms with E-state index in [0.29, 0.717) is 43.5 Å². The first kappa shape index (κ1) is 16.3. The minimum atomic E-state index is -0.478. The van der Waals surface area contributed by atoms with E-state index >= 15 is 0 Å². The van der Waals surface area contributed by atoms with Crippen molar-refractivity contribution >= 4 is 17.9 Å². The first-order valence-electron chi connectivity index (χ1n) is 8.33. The highest BCUT2D eigenvalue weighted by molar-refractivity contribution is 6.07. The molecule has 6 heteroatoms. The quantitative estimate of drug-likeness (QED) is 0.623. The summed E-state index contributed by atoms with van der Waals surface area (Å²) in [6, 6.07) is 11.7. The van der Waals surface area contributed by atoms with E-state index in [1.165, 1.54) is 12.1 Å². The van der Waals surface area contributed by atoms with Crippen LogP contribution in [0.4, 0.5) is 4.39 Å². The maximum atomic E-state index is 12.9. The van der Waals surface area contributed by atoms with Gasteiger partial charge in [-0.1, -0.05) is 18.2 Å². The Labute approximate surface area is 149 Å². The third-order valence-electron chi connectivity index (χ3n) is 4.08. The first-order chi connectivity index (χ1) is 12.7. The Balaban J connectivity index is 1.47. The van der Waals surface area contributed by atoms with Crippen molar-refractivity contribution in [3.05, 3.63) is 65.1 Å². The van der Waals surface area contributed by atoms with Gasteiger partial charge in [0.2, 0.25) is 0 Å². The molecule has 0 atom stereocenters. The van der Waals surface area contributed by atoms with Gasteiger partial charge in [0.25, 0.3) is 0 Å². The van der Waals surface area contributed by atoms with Crippen molar-refractivity contribution in [2.75, 3.05) is 13.2 Å². The van der Waals surface area contributed by atoms with Crippen LogP contribution in [0.1, 0.15) is 17.5 Å². The zero-order valence-corrected chi connectivity index (χ0v) is 13.9. The monoisotopic (exact) mass is 353 g/mol. The Bertz CT molecular complexity index is 903. The van der Waals surface area contributed by atoms with Crippen molar-refractivity contribution < 1.29 is 23.4 Å². The predicted octanol–water partition coefficient (Wildman–Crippen LogP) is 3.53. The van der Waals surface area contributed by atoms with Crippen LogP contribution in [-0.2, 0) is 16.0 Å². The van der Waals surface area contributed by atoms with Gasteiger partial charge in [-0.2, -0.15) is 0 Å². The fraction of sp³-hybridized carbons (Fsp3) is 0.200. The van der Waals surface area contributed by atoms with Crippen LogP contribution < -0.4 is 9.47 Å².